The number of nitrogens with zero attached hydrogens (tertiary/aromatic N) is 3. The number of aromatic nitrogens is 1. The normalized spacial score (nSPS) is 23.4. The summed E-state index contributed by atoms with van der Waals surface area (Å²) in [5, 5.41) is 21.7. The van der Waals surface area contributed by atoms with E-state index in [1.807, 2.05) is 18.0 Å². The Balaban J connectivity index is 2.04. The monoisotopic (exact) mass is 232 g/mol. The molecule has 1 fully saturated rings. The molecule has 0 aliphatic carbocycles. The average molecular weight is 232 g/mol. The maximum Gasteiger partial charge on any atom is 0.103 e. The van der Waals surface area contributed by atoms with Crippen molar-refractivity contribution in [3.8, 4) is 6.07 Å². The molecule has 90 valence electrons. The van der Waals surface area contributed by atoms with Crippen LogP contribution in [0.4, 0.5) is 5.69 Å². The molecule has 5 heteroatoms. The van der Waals surface area contributed by atoms with Crippen molar-refractivity contribution in [1.82, 2.24) is 10.3 Å². The molecule has 17 heavy (non-hydrogen) atoms. The predicted octanol–water partition coefficient (Wildman–Crippen LogP) is 0.112. The molecule has 2 atom stereocenters. The van der Waals surface area contributed by atoms with Gasteiger partial charge in [-0.2, -0.15) is 5.26 Å². The quantitative estimate of drug-likeness (QED) is 0.774. The number of aliphatic hydroxyl groups is 1. The Morgan fingerprint density at radius 1 is 1.71 bits per heavy atom. The SMILES string of the molecule is CN(C[C@@H]1C[C@@H](O)CN1)c1ccncc1C#N. The zero-order chi connectivity index (χ0) is 12.3. The first-order valence-electron chi connectivity index (χ1n) is 5.67. The Morgan fingerprint density at radius 2 is 2.53 bits per heavy atom. The molecule has 1 aromatic rings. The standard InChI is InChI=1S/C12H16N4O/c1-16(8-10-4-11(17)7-15-10)12-2-3-14-6-9(12)5-13/h2-3,6,10-11,15,17H,4,7-8H2,1H3/t10-,11+/m0/s1. The largest absolute Gasteiger partial charge is 0.392 e. The lowest BCUT2D eigenvalue weighted by Crippen LogP contribution is -2.35. The summed E-state index contributed by atoms with van der Waals surface area (Å²) in [5.74, 6) is 0. The van der Waals surface area contributed by atoms with Gasteiger partial charge in [0.25, 0.3) is 0 Å². The summed E-state index contributed by atoms with van der Waals surface area (Å²) in [6, 6.07) is 4.25. The summed E-state index contributed by atoms with van der Waals surface area (Å²) in [7, 11) is 1.95. The van der Waals surface area contributed by atoms with Gasteiger partial charge in [0.05, 0.1) is 17.4 Å². The fourth-order valence-corrected chi connectivity index (χ4v) is 2.17. The number of hydrogen-bond donors (Lipinski definition) is 2. The number of rotatable bonds is 3. The molecule has 2 rings (SSSR count). The van der Waals surface area contributed by atoms with Gasteiger partial charge in [-0.15, -0.1) is 0 Å². The van der Waals surface area contributed by atoms with E-state index in [0.29, 0.717) is 12.1 Å². The maximum absolute atomic E-state index is 9.44. The van der Waals surface area contributed by atoms with Crippen LogP contribution in [0.5, 0.6) is 0 Å². The predicted molar refractivity (Wildman–Crippen MR) is 64.6 cm³/mol. The lowest BCUT2D eigenvalue weighted by atomic mass is 10.1. The summed E-state index contributed by atoms with van der Waals surface area (Å²) >= 11 is 0. The van der Waals surface area contributed by atoms with Crippen molar-refractivity contribution < 1.29 is 5.11 Å². The molecule has 1 aliphatic rings. The molecular formula is C12H16N4O. The van der Waals surface area contributed by atoms with E-state index in [-0.39, 0.29) is 12.1 Å². The van der Waals surface area contributed by atoms with Crippen molar-refractivity contribution in [1.29, 1.82) is 5.26 Å². The van der Waals surface area contributed by atoms with Crippen molar-refractivity contribution in [2.45, 2.75) is 18.6 Å². The highest BCUT2D eigenvalue weighted by molar-refractivity contribution is 5.57. The minimum Gasteiger partial charge on any atom is -0.392 e. The first-order chi connectivity index (χ1) is 8.20. The van der Waals surface area contributed by atoms with Gasteiger partial charge in [-0.05, 0) is 12.5 Å². The van der Waals surface area contributed by atoms with Crippen LogP contribution in [0, 0.1) is 11.3 Å². The number of likely N-dealkylation sites (N-methyl/N-ethyl adjacent to an activating group) is 1. The van der Waals surface area contributed by atoms with Crippen LogP contribution in [0.15, 0.2) is 18.5 Å². The Bertz CT molecular complexity index is 429. The van der Waals surface area contributed by atoms with Crippen molar-refractivity contribution in [3.63, 3.8) is 0 Å². The first-order valence-corrected chi connectivity index (χ1v) is 5.67. The Morgan fingerprint density at radius 3 is 3.18 bits per heavy atom. The van der Waals surface area contributed by atoms with E-state index in [1.54, 1.807) is 12.4 Å². The molecular weight excluding hydrogens is 216 g/mol. The van der Waals surface area contributed by atoms with E-state index in [2.05, 4.69) is 16.4 Å². The van der Waals surface area contributed by atoms with Gasteiger partial charge in [-0.1, -0.05) is 0 Å². The zero-order valence-electron chi connectivity index (χ0n) is 9.80. The number of aliphatic hydroxyl groups excluding tert-OH is 1. The third-order valence-electron chi connectivity index (χ3n) is 3.02. The van der Waals surface area contributed by atoms with Crippen molar-refractivity contribution in [2.24, 2.45) is 0 Å². The molecule has 1 aromatic heterocycles. The van der Waals surface area contributed by atoms with Crippen LogP contribution < -0.4 is 10.2 Å². The smallest absolute Gasteiger partial charge is 0.103 e. The fraction of sp³-hybridized carbons (Fsp3) is 0.500. The van der Waals surface area contributed by atoms with Gasteiger partial charge < -0.3 is 15.3 Å². The van der Waals surface area contributed by atoms with Gasteiger partial charge in [-0.3, -0.25) is 4.98 Å². The van der Waals surface area contributed by atoms with Crippen LogP contribution in [-0.4, -0.2) is 42.4 Å². The molecule has 0 bridgehead atoms. The van der Waals surface area contributed by atoms with Crippen molar-refractivity contribution in [2.75, 3.05) is 25.0 Å². The summed E-state index contributed by atoms with van der Waals surface area (Å²) in [4.78, 5) is 5.96. The van der Waals surface area contributed by atoms with Gasteiger partial charge >= 0.3 is 0 Å². The molecule has 2 N–H and O–H groups in total. The molecule has 5 nitrogen and oxygen atoms in total. The van der Waals surface area contributed by atoms with Crippen LogP contribution >= 0.6 is 0 Å². The lowest BCUT2D eigenvalue weighted by molar-refractivity contribution is 0.193. The number of nitriles is 1. The van der Waals surface area contributed by atoms with E-state index in [4.69, 9.17) is 5.26 Å². The van der Waals surface area contributed by atoms with Gasteiger partial charge in [-0.25, -0.2) is 0 Å². The van der Waals surface area contributed by atoms with Gasteiger partial charge in [0.2, 0.25) is 0 Å². The summed E-state index contributed by atoms with van der Waals surface area (Å²) in [6.07, 6.45) is 3.77. The van der Waals surface area contributed by atoms with Crippen LogP contribution in [0.1, 0.15) is 12.0 Å². The van der Waals surface area contributed by atoms with E-state index >= 15 is 0 Å². The third-order valence-corrected chi connectivity index (χ3v) is 3.02. The molecule has 1 aliphatic heterocycles. The summed E-state index contributed by atoms with van der Waals surface area (Å²) in [6.45, 7) is 1.43. The van der Waals surface area contributed by atoms with Gasteiger partial charge in [0.1, 0.15) is 6.07 Å². The zero-order valence-corrected chi connectivity index (χ0v) is 9.80. The highest BCUT2D eigenvalue weighted by Crippen LogP contribution is 2.18. The number of anilines is 1. The molecule has 0 amide bonds. The molecule has 0 radical (unpaired) electrons. The van der Waals surface area contributed by atoms with Crippen LogP contribution in [0.2, 0.25) is 0 Å². The van der Waals surface area contributed by atoms with Crippen LogP contribution in [-0.2, 0) is 0 Å². The van der Waals surface area contributed by atoms with Crippen LogP contribution in [0.25, 0.3) is 0 Å². The van der Waals surface area contributed by atoms with E-state index in [9.17, 15) is 5.11 Å². The number of β-amino-alcohol motifs (C(OH)–C–C–N with tert-alkyl or cyclic N) is 1. The van der Waals surface area contributed by atoms with E-state index < -0.39 is 0 Å². The van der Waals surface area contributed by atoms with Crippen LogP contribution in [0.3, 0.4) is 0 Å². The van der Waals surface area contributed by atoms with E-state index in [0.717, 1.165) is 18.7 Å². The van der Waals surface area contributed by atoms with Gasteiger partial charge in [0, 0.05) is 38.6 Å². The molecule has 0 unspecified atom stereocenters. The molecule has 2 heterocycles. The number of nitrogens with one attached hydrogen (secondary N) is 1. The second-order valence-corrected chi connectivity index (χ2v) is 4.38. The molecule has 0 spiro atoms. The average Bonchev–Trinajstić information content (AvgIpc) is 2.74. The minimum atomic E-state index is -0.249. The first kappa shape index (κ1) is 11.8. The number of hydrogen-bond acceptors (Lipinski definition) is 5. The lowest BCUT2D eigenvalue weighted by Gasteiger charge is -2.23. The molecule has 1 saturated heterocycles. The number of pyridine rings is 1. The third kappa shape index (κ3) is 2.73. The summed E-state index contributed by atoms with van der Waals surface area (Å²) in [5.41, 5.74) is 1.46. The second-order valence-electron chi connectivity index (χ2n) is 4.38. The van der Waals surface area contributed by atoms with Gasteiger partial charge in [0.15, 0.2) is 0 Å². The summed E-state index contributed by atoms with van der Waals surface area (Å²) < 4.78 is 0. The topological polar surface area (TPSA) is 72.2 Å². The Labute approximate surface area is 101 Å². The fourth-order valence-electron chi connectivity index (χ4n) is 2.17. The Kier molecular flexibility index (Phi) is 3.57. The minimum absolute atomic E-state index is 0.249. The van der Waals surface area contributed by atoms with Crippen molar-refractivity contribution >= 4 is 5.69 Å². The van der Waals surface area contributed by atoms with E-state index in [1.165, 1.54) is 0 Å². The molecule has 0 saturated carbocycles. The maximum atomic E-state index is 9.44. The molecule has 0 aromatic carbocycles. The second kappa shape index (κ2) is 5.13. The van der Waals surface area contributed by atoms with Crippen molar-refractivity contribution in [3.05, 3.63) is 24.0 Å². The Hall–Kier alpha value is -1.64. The highest BCUT2D eigenvalue weighted by Gasteiger charge is 2.23. The highest BCUT2D eigenvalue weighted by atomic mass is 16.3.